The van der Waals surface area contributed by atoms with Gasteiger partial charge in [0.05, 0.1) is 6.16 Å². The van der Waals surface area contributed by atoms with Crippen LogP contribution in [0.1, 0.15) is 19.4 Å². The van der Waals surface area contributed by atoms with Crippen molar-refractivity contribution in [1.82, 2.24) is 10.2 Å². The first-order valence-corrected chi connectivity index (χ1v) is 7.22. The summed E-state index contributed by atoms with van der Waals surface area (Å²) in [5, 5.41) is 6.11. The average molecular weight is 226 g/mol. The van der Waals surface area contributed by atoms with Gasteiger partial charge in [-0.05, 0) is 18.7 Å². The normalized spacial score (nSPS) is 11.6. The number of nitrogens with one attached hydrogen (secondary N) is 2. The van der Waals surface area contributed by atoms with E-state index in [-0.39, 0.29) is 0 Å². The molecule has 0 spiro atoms. The molecular weight excluding hydrogens is 207 g/mol. The molecule has 0 amide bonds. The van der Waals surface area contributed by atoms with Crippen LogP contribution in [0.4, 0.5) is 0 Å². The number of benzene rings is 1. The monoisotopic (exact) mass is 226 g/mol. The summed E-state index contributed by atoms with van der Waals surface area (Å²) in [7, 11) is -2.44. The fourth-order valence-electron chi connectivity index (χ4n) is 1.52. The van der Waals surface area contributed by atoms with Gasteiger partial charge < -0.3 is 0 Å². The maximum Gasteiger partial charge on any atom is 0.215 e. The first-order valence-electron chi connectivity index (χ1n) is 5.33. The Kier molecular flexibility index (Phi) is 5.03. The lowest BCUT2D eigenvalue weighted by molar-refractivity contribution is 0.554. The minimum absolute atomic E-state index is 0.565. The zero-order chi connectivity index (χ0) is 11.1. The second-order valence-electron chi connectivity index (χ2n) is 3.41. The van der Waals surface area contributed by atoms with Crippen molar-refractivity contribution in [2.45, 2.75) is 20.0 Å². The highest BCUT2D eigenvalue weighted by Gasteiger charge is 2.19. The van der Waals surface area contributed by atoms with Gasteiger partial charge in [0.25, 0.3) is 0 Å². The molecule has 1 aromatic carbocycles. The Hall–Kier alpha value is -0.630. The Bertz CT molecular complexity index is 317. The molecule has 0 bridgehead atoms. The van der Waals surface area contributed by atoms with Crippen LogP contribution >= 0.6 is 7.44 Å². The van der Waals surface area contributed by atoms with Crippen LogP contribution in [0.2, 0.25) is 0 Å². The van der Waals surface area contributed by atoms with Crippen LogP contribution in [0, 0.1) is 0 Å². The van der Waals surface area contributed by atoms with Crippen molar-refractivity contribution in [3.8, 4) is 0 Å². The number of rotatable bonds is 6. The van der Waals surface area contributed by atoms with Crippen LogP contribution in [0.3, 0.4) is 0 Å². The van der Waals surface area contributed by atoms with Crippen molar-refractivity contribution in [1.29, 1.82) is 0 Å². The van der Waals surface area contributed by atoms with Gasteiger partial charge in [-0.25, -0.2) is 0 Å². The third-order valence-electron chi connectivity index (χ3n) is 2.08. The number of hydrogen-bond donors (Lipinski definition) is 2. The summed E-state index contributed by atoms with van der Waals surface area (Å²) in [6.45, 7) is 5.37. The Morgan fingerprint density at radius 3 is 2.07 bits per heavy atom. The minimum atomic E-state index is -2.44. The van der Waals surface area contributed by atoms with Gasteiger partial charge in [-0.3, -0.25) is 14.7 Å². The highest BCUT2D eigenvalue weighted by molar-refractivity contribution is 7.59. The summed E-state index contributed by atoms with van der Waals surface area (Å²) in [5.41, 5.74) is 1.10. The van der Waals surface area contributed by atoms with Crippen LogP contribution in [0.25, 0.3) is 0 Å². The van der Waals surface area contributed by atoms with E-state index in [4.69, 9.17) is 0 Å². The lowest BCUT2D eigenvalue weighted by atomic mass is 10.2. The molecule has 15 heavy (non-hydrogen) atoms. The Labute approximate surface area is 91.8 Å². The van der Waals surface area contributed by atoms with Crippen molar-refractivity contribution in [2.24, 2.45) is 0 Å². The molecule has 0 aliphatic rings. The lowest BCUT2D eigenvalue weighted by Crippen LogP contribution is -2.23. The third-order valence-corrected chi connectivity index (χ3v) is 4.54. The molecule has 0 aliphatic heterocycles. The van der Waals surface area contributed by atoms with Crippen molar-refractivity contribution >= 4 is 7.44 Å². The summed E-state index contributed by atoms with van der Waals surface area (Å²) in [6, 6.07) is 9.91. The van der Waals surface area contributed by atoms with E-state index in [2.05, 4.69) is 10.2 Å². The molecule has 3 nitrogen and oxygen atoms in total. The molecule has 0 aliphatic carbocycles. The molecule has 0 fully saturated rings. The van der Waals surface area contributed by atoms with E-state index in [1.807, 2.05) is 44.2 Å². The molecule has 0 atom stereocenters. The second-order valence-corrected chi connectivity index (χ2v) is 5.83. The molecule has 1 aromatic rings. The molecule has 0 radical (unpaired) electrons. The first kappa shape index (κ1) is 12.4. The maximum atomic E-state index is 12.4. The van der Waals surface area contributed by atoms with Crippen molar-refractivity contribution in [3.05, 3.63) is 35.9 Å². The van der Waals surface area contributed by atoms with E-state index in [9.17, 15) is 4.57 Å². The highest BCUT2D eigenvalue weighted by Crippen LogP contribution is 2.39. The molecule has 0 saturated heterocycles. The van der Waals surface area contributed by atoms with Crippen LogP contribution < -0.4 is 10.2 Å². The van der Waals surface area contributed by atoms with Gasteiger partial charge >= 0.3 is 0 Å². The van der Waals surface area contributed by atoms with Gasteiger partial charge in [0.2, 0.25) is 7.44 Å². The van der Waals surface area contributed by atoms with E-state index >= 15 is 0 Å². The van der Waals surface area contributed by atoms with E-state index in [0.29, 0.717) is 6.16 Å². The lowest BCUT2D eigenvalue weighted by Gasteiger charge is -2.19. The van der Waals surface area contributed by atoms with E-state index in [1.165, 1.54) is 0 Å². The van der Waals surface area contributed by atoms with Gasteiger partial charge in [0, 0.05) is 0 Å². The zero-order valence-corrected chi connectivity index (χ0v) is 10.3. The minimum Gasteiger partial charge on any atom is -0.289 e. The van der Waals surface area contributed by atoms with Crippen LogP contribution in [-0.2, 0) is 10.7 Å². The Balaban J connectivity index is 2.71. The summed E-state index contributed by atoms with van der Waals surface area (Å²) < 4.78 is 12.4. The van der Waals surface area contributed by atoms with Crippen molar-refractivity contribution < 1.29 is 4.57 Å². The predicted molar refractivity (Wildman–Crippen MR) is 65.1 cm³/mol. The van der Waals surface area contributed by atoms with Crippen LogP contribution in [-0.4, -0.2) is 13.1 Å². The molecule has 0 aromatic heterocycles. The van der Waals surface area contributed by atoms with Gasteiger partial charge in [-0.1, -0.05) is 44.2 Å². The van der Waals surface area contributed by atoms with Crippen LogP contribution in [0.15, 0.2) is 30.3 Å². The standard InChI is InChI=1S/C11H19N2OP/c1-3-12-15(14,13-4-2)10-11-8-6-5-7-9-11/h5-9H,3-4,10H2,1-2H3,(H2,12,13,14). The zero-order valence-electron chi connectivity index (χ0n) is 9.36. The maximum absolute atomic E-state index is 12.4. The highest BCUT2D eigenvalue weighted by atomic mass is 31.2. The van der Waals surface area contributed by atoms with Gasteiger partial charge in [-0.2, -0.15) is 0 Å². The largest absolute Gasteiger partial charge is 0.289 e. The fourth-order valence-corrected chi connectivity index (χ4v) is 3.60. The quantitative estimate of drug-likeness (QED) is 0.732. The van der Waals surface area contributed by atoms with E-state index in [1.54, 1.807) is 0 Å². The number of hydrogen-bond acceptors (Lipinski definition) is 1. The third kappa shape index (κ3) is 4.17. The average Bonchev–Trinajstić information content (AvgIpc) is 2.19. The summed E-state index contributed by atoms with van der Waals surface area (Å²) in [5.74, 6) is 0. The fraction of sp³-hybridized carbons (Fsp3) is 0.455. The van der Waals surface area contributed by atoms with Crippen molar-refractivity contribution in [3.63, 3.8) is 0 Å². The Morgan fingerprint density at radius 1 is 1.07 bits per heavy atom. The SMILES string of the molecule is CCNP(=O)(Cc1ccccc1)NCC. The first-order chi connectivity index (χ1) is 7.20. The molecule has 1 rings (SSSR count). The van der Waals surface area contributed by atoms with Gasteiger partial charge in [0.1, 0.15) is 0 Å². The van der Waals surface area contributed by atoms with Crippen LogP contribution in [0.5, 0.6) is 0 Å². The molecular formula is C11H19N2OP. The molecule has 0 saturated carbocycles. The van der Waals surface area contributed by atoms with Crippen molar-refractivity contribution in [2.75, 3.05) is 13.1 Å². The summed E-state index contributed by atoms with van der Waals surface area (Å²) in [6.07, 6.45) is 0.565. The van der Waals surface area contributed by atoms with Gasteiger partial charge in [0.15, 0.2) is 0 Å². The molecule has 2 N–H and O–H groups in total. The predicted octanol–water partition coefficient (Wildman–Crippen LogP) is 2.60. The van der Waals surface area contributed by atoms with E-state index < -0.39 is 7.44 Å². The molecule has 0 unspecified atom stereocenters. The summed E-state index contributed by atoms with van der Waals surface area (Å²) in [4.78, 5) is 0. The molecule has 84 valence electrons. The van der Waals surface area contributed by atoms with E-state index in [0.717, 1.165) is 18.7 Å². The topological polar surface area (TPSA) is 41.1 Å². The Morgan fingerprint density at radius 2 is 1.60 bits per heavy atom. The summed E-state index contributed by atoms with van der Waals surface area (Å²) >= 11 is 0. The van der Waals surface area contributed by atoms with Gasteiger partial charge in [-0.15, -0.1) is 0 Å². The second kappa shape index (κ2) is 6.06. The molecule has 0 heterocycles. The molecule has 4 heteroatoms. The smallest absolute Gasteiger partial charge is 0.215 e.